The number of nitro benzene ring substituents is 1. The van der Waals surface area contributed by atoms with Crippen LogP contribution in [0.1, 0.15) is 46.2 Å². The molecule has 2 bridgehead atoms. The van der Waals surface area contributed by atoms with Crippen molar-refractivity contribution in [1.29, 1.82) is 0 Å². The summed E-state index contributed by atoms with van der Waals surface area (Å²) in [5.41, 5.74) is 2.98. The summed E-state index contributed by atoms with van der Waals surface area (Å²) in [5, 5.41) is 11.9. The summed E-state index contributed by atoms with van der Waals surface area (Å²) in [6.07, 6.45) is 0. The lowest BCUT2D eigenvalue weighted by Gasteiger charge is -2.52. The molecule has 174 valence electrons. The van der Waals surface area contributed by atoms with E-state index < -0.39 is 39.9 Å². The smallest absolute Gasteiger partial charge is 0.293 e. The molecule has 7 heteroatoms. The first kappa shape index (κ1) is 21.4. The molecule has 3 aromatic carbocycles. The third kappa shape index (κ3) is 2.42. The van der Waals surface area contributed by atoms with Crippen molar-refractivity contribution >= 4 is 29.0 Å². The number of nitrogens with zero attached hydrogens (tertiary/aromatic N) is 2. The molecule has 3 aliphatic carbocycles. The largest absolute Gasteiger partial charge is 0.299 e. The summed E-state index contributed by atoms with van der Waals surface area (Å²) in [6, 6.07) is 17.9. The van der Waals surface area contributed by atoms with Gasteiger partial charge >= 0.3 is 0 Å². The minimum atomic E-state index is -1.33. The Morgan fingerprint density at radius 1 is 0.914 bits per heavy atom. The van der Waals surface area contributed by atoms with Crippen LogP contribution in [0.2, 0.25) is 0 Å². The van der Waals surface area contributed by atoms with Crippen molar-refractivity contribution in [2.45, 2.75) is 32.1 Å². The third-order valence-corrected chi connectivity index (χ3v) is 8.20. The normalized spacial score (nSPS) is 25.8. The van der Waals surface area contributed by atoms with Crippen LogP contribution < -0.4 is 4.90 Å². The maximum Gasteiger partial charge on any atom is 0.293 e. The minimum Gasteiger partial charge on any atom is -0.299 e. The molecule has 2 atom stereocenters. The van der Waals surface area contributed by atoms with Crippen molar-refractivity contribution in [3.05, 3.63) is 104 Å². The van der Waals surface area contributed by atoms with Crippen molar-refractivity contribution < 1.29 is 19.3 Å². The molecule has 0 N–H and O–H groups in total. The van der Waals surface area contributed by atoms with Crippen LogP contribution >= 0.6 is 0 Å². The van der Waals surface area contributed by atoms with E-state index in [0.717, 1.165) is 32.7 Å². The Kier molecular flexibility index (Phi) is 4.25. The van der Waals surface area contributed by atoms with E-state index in [-0.39, 0.29) is 17.2 Å². The van der Waals surface area contributed by atoms with Gasteiger partial charge in [0.2, 0.25) is 11.8 Å². The van der Waals surface area contributed by atoms with E-state index in [2.05, 4.69) is 0 Å². The lowest BCUT2D eigenvalue weighted by Crippen LogP contribution is -2.57. The summed E-state index contributed by atoms with van der Waals surface area (Å²) >= 11 is 0. The average molecular weight is 466 g/mol. The fraction of sp³-hybridized carbons (Fsp3) is 0.250. The van der Waals surface area contributed by atoms with E-state index in [1.165, 1.54) is 19.1 Å². The molecule has 0 saturated carbocycles. The molecule has 1 heterocycles. The summed E-state index contributed by atoms with van der Waals surface area (Å²) in [7, 11) is 0. The lowest BCUT2D eigenvalue weighted by atomic mass is 9.46. The van der Waals surface area contributed by atoms with Gasteiger partial charge in [-0.15, -0.1) is 0 Å². The van der Waals surface area contributed by atoms with Crippen LogP contribution in [0.4, 0.5) is 11.4 Å². The van der Waals surface area contributed by atoms with Gasteiger partial charge in [-0.1, -0.05) is 48.5 Å². The second kappa shape index (κ2) is 6.95. The molecule has 35 heavy (non-hydrogen) atoms. The van der Waals surface area contributed by atoms with Gasteiger partial charge in [-0.2, -0.15) is 0 Å². The number of Topliss-reactive ketones (excluding diaryl/α,β-unsaturated/α-hetero) is 1. The number of rotatable bonds is 3. The molecule has 0 unspecified atom stereocenters. The zero-order chi connectivity index (χ0) is 24.8. The van der Waals surface area contributed by atoms with E-state index >= 15 is 0 Å². The highest BCUT2D eigenvalue weighted by Crippen LogP contribution is 2.64. The van der Waals surface area contributed by atoms with Crippen molar-refractivity contribution in [2.75, 3.05) is 4.90 Å². The summed E-state index contributed by atoms with van der Waals surface area (Å²) in [5.74, 6) is -3.48. The van der Waals surface area contributed by atoms with Crippen LogP contribution in [-0.4, -0.2) is 22.5 Å². The monoisotopic (exact) mass is 466 g/mol. The maximum absolute atomic E-state index is 14.2. The van der Waals surface area contributed by atoms with Gasteiger partial charge < -0.3 is 0 Å². The van der Waals surface area contributed by atoms with E-state index in [0.29, 0.717) is 5.56 Å². The number of carbonyl (C=O) groups excluding carboxylic acids is 3. The van der Waals surface area contributed by atoms with Gasteiger partial charge in [-0.25, -0.2) is 4.90 Å². The number of amides is 2. The van der Waals surface area contributed by atoms with E-state index in [1.807, 2.05) is 48.5 Å². The fourth-order valence-electron chi connectivity index (χ4n) is 6.72. The Bertz CT molecular complexity index is 1460. The number of benzene rings is 3. The van der Waals surface area contributed by atoms with Gasteiger partial charge in [0.1, 0.15) is 11.5 Å². The van der Waals surface area contributed by atoms with E-state index in [9.17, 15) is 24.5 Å². The first-order valence-electron chi connectivity index (χ1n) is 11.5. The highest BCUT2D eigenvalue weighted by atomic mass is 16.6. The summed E-state index contributed by atoms with van der Waals surface area (Å²) in [6.45, 7) is 5.00. The molecule has 0 radical (unpaired) electrons. The Labute approximate surface area is 201 Å². The van der Waals surface area contributed by atoms with Crippen LogP contribution in [0.25, 0.3) is 0 Å². The van der Waals surface area contributed by atoms with Crippen LogP contribution in [0, 0.1) is 35.8 Å². The second-order valence-electron chi connectivity index (χ2n) is 9.71. The number of nitro groups is 1. The summed E-state index contributed by atoms with van der Waals surface area (Å²) < 4.78 is 0. The van der Waals surface area contributed by atoms with E-state index in [4.69, 9.17) is 0 Å². The number of carbonyl (C=O) groups is 3. The highest BCUT2D eigenvalue weighted by molar-refractivity contribution is 6.26. The van der Waals surface area contributed by atoms with Crippen molar-refractivity contribution in [2.24, 2.45) is 11.8 Å². The van der Waals surface area contributed by atoms with Crippen LogP contribution in [0.3, 0.4) is 0 Å². The van der Waals surface area contributed by atoms with Gasteiger partial charge in [0.15, 0.2) is 0 Å². The molecule has 1 fully saturated rings. The molecule has 7 rings (SSSR count). The van der Waals surface area contributed by atoms with Gasteiger partial charge in [0.25, 0.3) is 5.69 Å². The fourth-order valence-corrected chi connectivity index (χ4v) is 6.72. The first-order valence-corrected chi connectivity index (χ1v) is 11.5. The van der Waals surface area contributed by atoms with Crippen LogP contribution in [0.15, 0.2) is 60.7 Å². The standard InChI is InChI=1S/C28H22N2O5/c1-14-12-21(22(30(34)35)13-15(14)2)29-26(32)24-23-17-8-4-6-10-19(17)28(16(3)31,25(24)27(29)33)20-11-7-5-9-18(20)23/h4-13,23-25H,1-3H3/t23?,24-,25-,28?/m1/s1. The molecular weight excluding hydrogens is 444 g/mol. The third-order valence-electron chi connectivity index (χ3n) is 8.20. The Morgan fingerprint density at radius 2 is 1.46 bits per heavy atom. The molecule has 7 nitrogen and oxygen atoms in total. The topological polar surface area (TPSA) is 97.6 Å². The molecule has 0 aromatic heterocycles. The number of ketones is 1. The van der Waals surface area contributed by atoms with Gasteiger partial charge in [0, 0.05) is 12.0 Å². The van der Waals surface area contributed by atoms with Crippen LogP contribution in [-0.2, 0) is 19.8 Å². The average Bonchev–Trinajstić information content (AvgIpc) is 3.11. The molecule has 4 aliphatic rings. The Morgan fingerprint density at radius 3 is 2.00 bits per heavy atom. The number of aryl methyl sites for hydroxylation is 2. The number of hydrogen-bond acceptors (Lipinski definition) is 5. The number of imide groups is 1. The summed E-state index contributed by atoms with van der Waals surface area (Å²) in [4.78, 5) is 54.2. The number of hydrogen-bond donors (Lipinski definition) is 0. The Balaban J connectivity index is 1.66. The predicted molar refractivity (Wildman–Crippen MR) is 128 cm³/mol. The molecular formula is C28H22N2O5. The minimum absolute atomic E-state index is 0.0336. The number of anilines is 1. The lowest BCUT2D eigenvalue weighted by molar-refractivity contribution is -0.384. The molecule has 3 aromatic rings. The maximum atomic E-state index is 14.2. The van der Waals surface area contributed by atoms with Crippen molar-refractivity contribution in [3.63, 3.8) is 0 Å². The molecule has 0 spiro atoms. The SMILES string of the molecule is CC(=O)C12c3ccccc3C(c3ccccc31)[C@H]1C(=O)N(c3cc(C)c(C)cc3[N+](=O)[O-])C(=O)[C@@H]12. The van der Waals surface area contributed by atoms with Gasteiger partial charge in [-0.05, 0) is 60.2 Å². The molecule has 1 aliphatic heterocycles. The van der Waals surface area contributed by atoms with Crippen LogP contribution in [0.5, 0.6) is 0 Å². The Hall–Kier alpha value is -4.13. The first-order chi connectivity index (χ1) is 16.7. The zero-order valence-electron chi connectivity index (χ0n) is 19.4. The quantitative estimate of drug-likeness (QED) is 0.325. The predicted octanol–water partition coefficient (Wildman–Crippen LogP) is 4.35. The molecule has 2 amide bonds. The van der Waals surface area contributed by atoms with E-state index in [1.54, 1.807) is 13.8 Å². The second-order valence-corrected chi connectivity index (χ2v) is 9.71. The highest BCUT2D eigenvalue weighted by Gasteiger charge is 2.70. The van der Waals surface area contributed by atoms with Gasteiger partial charge in [0.05, 0.1) is 22.2 Å². The van der Waals surface area contributed by atoms with Gasteiger partial charge in [-0.3, -0.25) is 24.5 Å². The van der Waals surface area contributed by atoms with Crippen molar-refractivity contribution in [1.82, 2.24) is 0 Å². The molecule has 1 saturated heterocycles. The van der Waals surface area contributed by atoms with Crippen molar-refractivity contribution in [3.8, 4) is 0 Å². The zero-order valence-corrected chi connectivity index (χ0v) is 19.4.